The van der Waals surface area contributed by atoms with Crippen LogP contribution in [0.1, 0.15) is 296 Å². The number of ether oxygens (including phenoxy) is 2. The minimum absolute atomic E-state index is 0.0461. The van der Waals surface area contributed by atoms with Crippen molar-refractivity contribution in [1.29, 1.82) is 0 Å². The molecule has 0 radical (unpaired) electrons. The van der Waals surface area contributed by atoms with Crippen molar-refractivity contribution < 1.29 is 37.6 Å². The molecule has 79 heavy (non-hydrogen) atoms. The first-order chi connectivity index (χ1) is 38.8. The average molecular weight is 1120 g/mol. The van der Waals surface area contributed by atoms with E-state index in [4.69, 9.17) is 24.3 Å². The lowest BCUT2D eigenvalue weighted by atomic mass is 10.0. The molecule has 0 aromatic heterocycles. The van der Waals surface area contributed by atoms with Crippen LogP contribution in [0.25, 0.3) is 0 Å². The zero-order valence-electron chi connectivity index (χ0n) is 51.1. The number of hydrogen-bond acceptors (Lipinski definition) is 8. The van der Waals surface area contributed by atoms with Crippen LogP contribution >= 0.6 is 7.82 Å². The van der Waals surface area contributed by atoms with E-state index in [1.165, 1.54) is 167 Å². The van der Waals surface area contributed by atoms with E-state index in [1.54, 1.807) is 0 Å². The van der Waals surface area contributed by atoms with E-state index in [2.05, 4.69) is 111 Å². The number of hydrogen-bond donors (Lipinski definition) is 2. The van der Waals surface area contributed by atoms with Crippen molar-refractivity contribution in [2.75, 3.05) is 26.4 Å². The Morgan fingerprint density at radius 1 is 0.392 bits per heavy atom. The SMILES string of the molecule is CC/C=C\C/C=C\C/C=C\C/C=C\C/C=C\C/C=C\C/C=C\CCCCCCCC(=O)OC(COC(=O)CCCCCCCCCCCCCCCCCCCCC/C=C\CCCCCCCCCC)COP(=O)(O)OCCN. The molecule has 0 aliphatic carbocycles. The molecular weight excluding hydrogens is 1000 g/mol. The van der Waals surface area contributed by atoms with Gasteiger partial charge in [0.1, 0.15) is 6.61 Å². The second kappa shape index (κ2) is 64.1. The van der Waals surface area contributed by atoms with Crippen LogP contribution < -0.4 is 5.73 Å². The molecule has 0 fully saturated rings. The van der Waals surface area contributed by atoms with Crippen molar-refractivity contribution in [3.63, 3.8) is 0 Å². The summed E-state index contributed by atoms with van der Waals surface area (Å²) in [6.45, 7) is 3.63. The molecule has 0 aromatic carbocycles. The molecule has 2 unspecified atom stereocenters. The standard InChI is InChI=1S/C69H122NO8P/c1-3-5-7-9-11-13-15-17-19-21-23-25-27-29-31-32-33-34-36-37-39-41-43-45-47-49-51-53-55-57-59-61-68(71)75-65-67(66-77-79(73,74)76-64-63-70)78-69(72)62-60-58-56-54-52-50-48-46-44-42-40-38-35-30-28-26-24-22-20-18-16-14-12-10-8-6-4-2/h6,8,12,14,18,20-21,23-24,26,30,35,40,42,46,48,67H,3-5,7,9-11,13,15-17,19,22,25,27-29,31-34,36-39,41,43-45,47,49-66,70H2,1-2H3,(H,73,74)/b8-6-,14-12-,20-18-,23-21-,26-24-,35-30-,42-40-,48-46-. The Labute approximate surface area is 486 Å². The molecule has 456 valence electrons. The molecule has 0 heterocycles. The van der Waals surface area contributed by atoms with Gasteiger partial charge in [-0.15, -0.1) is 0 Å². The van der Waals surface area contributed by atoms with Crippen LogP contribution in [-0.2, 0) is 32.7 Å². The van der Waals surface area contributed by atoms with Gasteiger partial charge < -0.3 is 20.1 Å². The molecule has 0 bridgehead atoms. The Bertz CT molecular complexity index is 1610. The second-order valence-electron chi connectivity index (χ2n) is 21.6. The number of carbonyl (C=O) groups excluding carboxylic acids is 2. The highest BCUT2D eigenvalue weighted by Gasteiger charge is 2.26. The van der Waals surface area contributed by atoms with E-state index in [0.29, 0.717) is 6.42 Å². The number of unbranched alkanes of at least 4 members (excludes halogenated alkanes) is 32. The molecule has 10 heteroatoms. The fourth-order valence-corrected chi connectivity index (χ4v) is 9.91. The zero-order valence-corrected chi connectivity index (χ0v) is 52.0. The van der Waals surface area contributed by atoms with Gasteiger partial charge in [0.25, 0.3) is 0 Å². The van der Waals surface area contributed by atoms with Crippen molar-refractivity contribution in [3.05, 3.63) is 97.2 Å². The molecule has 0 saturated heterocycles. The minimum atomic E-state index is -4.40. The average Bonchev–Trinajstić information content (AvgIpc) is 3.44. The Kier molecular flexibility index (Phi) is 61.6. The molecule has 2 atom stereocenters. The number of allylic oxidation sites excluding steroid dienone is 16. The maximum atomic E-state index is 12.7. The van der Waals surface area contributed by atoms with E-state index in [-0.39, 0.29) is 38.6 Å². The summed E-state index contributed by atoms with van der Waals surface area (Å²) in [4.78, 5) is 35.3. The van der Waals surface area contributed by atoms with Gasteiger partial charge in [0.15, 0.2) is 6.10 Å². The van der Waals surface area contributed by atoms with E-state index >= 15 is 0 Å². The molecular formula is C69H122NO8P. The normalized spacial score (nSPS) is 13.6. The van der Waals surface area contributed by atoms with Gasteiger partial charge >= 0.3 is 19.8 Å². The highest BCUT2D eigenvalue weighted by Crippen LogP contribution is 2.43. The van der Waals surface area contributed by atoms with Crippen LogP contribution in [0, 0.1) is 0 Å². The van der Waals surface area contributed by atoms with Crippen LogP contribution in [0.15, 0.2) is 97.2 Å². The number of nitrogens with two attached hydrogens (primary N) is 1. The smallest absolute Gasteiger partial charge is 0.462 e. The molecule has 0 rings (SSSR count). The number of phosphoric acid groups is 1. The van der Waals surface area contributed by atoms with Crippen molar-refractivity contribution in [1.82, 2.24) is 0 Å². The number of phosphoric ester groups is 1. The molecule has 0 aliphatic heterocycles. The van der Waals surface area contributed by atoms with Gasteiger partial charge in [-0.1, -0.05) is 284 Å². The minimum Gasteiger partial charge on any atom is -0.462 e. The molecule has 3 N–H and O–H groups in total. The highest BCUT2D eigenvalue weighted by atomic mass is 31.2. The van der Waals surface area contributed by atoms with Crippen LogP contribution in [0.3, 0.4) is 0 Å². The van der Waals surface area contributed by atoms with Gasteiger partial charge in [-0.2, -0.15) is 0 Å². The van der Waals surface area contributed by atoms with Crippen molar-refractivity contribution in [3.8, 4) is 0 Å². The Morgan fingerprint density at radius 3 is 1.05 bits per heavy atom. The molecule has 0 aliphatic rings. The third-order valence-electron chi connectivity index (χ3n) is 14.0. The van der Waals surface area contributed by atoms with Crippen LogP contribution in [0.5, 0.6) is 0 Å². The summed E-state index contributed by atoms with van der Waals surface area (Å²) in [5, 5.41) is 0. The lowest BCUT2D eigenvalue weighted by Gasteiger charge is -2.19. The van der Waals surface area contributed by atoms with E-state index in [0.717, 1.165) is 96.3 Å². The maximum Gasteiger partial charge on any atom is 0.472 e. The largest absolute Gasteiger partial charge is 0.472 e. The fourth-order valence-electron chi connectivity index (χ4n) is 9.14. The van der Waals surface area contributed by atoms with E-state index in [9.17, 15) is 19.0 Å². The zero-order chi connectivity index (χ0) is 57.3. The quantitative estimate of drug-likeness (QED) is 0.0264. The third-order valence-corrected chi connectivity index (χ3v) is 14.9. The summed E-state index contributed by atoms with van der Waals surface area (Å²) >= 11 is 0. The first-order valence-corrected chi connectivity index (χ1v) is 34.2. The summed E-state index contributed by atoms with van der Waals surface area (Å²) < 4.78 is 33.1. The summed E-state index contributed by atoms with van der Waals surface area (Å²) in [6, 6.07) is 0. The predicted molar refractivity (Wildman–Crippen MR) is 339 cm³/mol. The molecule has 0 aromatic rings. The van der Waals surface area contributed by atoms with Crippen molar-refractivity contribution >= 4 is 19.8 Å². The first-order valence-electron chi connectivity index (χ1n) is 32.7. The van der Waals surface area contributed by atoms with E-state index < -0.39 is 26.5 Å². The molecule has 0 amide bonds. The topological polar surface area (TPSA) is 134 Å². The van der Waals surface area contributed by atoms with Gasteiger partial charge in [-0.25, -0.2) is 4.57 Å². The number of esters is 2. The number of carbonyl (C=O) groups is 2. The van der Waals surface area contributed by atoms with Crippen molar-refractivity contribution in [2.45, 2.75) is 302 Å². The summed E-state index contributed by atoms with van der Waals surface area (Å²) in [6.07, 6.45) is 86.3. The summed E-state index contributed by atoms with van der Waals surface area (Å²) in [7, 11) is -4.40. The fraction of sp³-hybridized carbons (Fsp3) is 0.739. The Balaban J connectivity index is 3.95. The lowest BCUT2D eigenvalue weighted by Crippen LogP contribution is -2.29. The van der Waals surface area contributed by atoms with Crippen LogP contribution in [-0.4, -0.2) is 49.3 Å². The first kappa shape index (κ1) is 75.9. The molecule has 0 saturated carbocycles. The van der Waals surface area contributed by atoms with Crippen LogP contribution in [0.4, 0.5) is 0 Å². The Morgan fingerprint density at radius 2 is 0.696 bits per heavy atom. The number of rotatable bonds is 61. The van der Waals surface area contributed by atoms with Gasteiger partial charge in [-0.05, 0) is 96.3 Å². The highest BCUT2D eigenvalue weighted by molar-refractivity contribution is 7.47. The van der Waals surface area contributed by atoms with E-state index in [1.807, 2.05) is 0 Å². The van der Waals surface area contributed by atoms with Gasteiger partial charge in [0.05, 0.1) is 13.2 Å². The van der Waals surface area contributed by atoms with Gasteiger partial charge in [0.2, 0.25) is 0 Å². The third kappa shape index (κ3) is 64.0. The predicted octanol–water partition coefficient (Wildman–Crippen LogP) is 21.2. The Hall–Kier alpha value is -3.07. The monoisotopic (exact) mass is 1120 g/mol. The molecule has 9 nitrogen and oxygen atoms in total. The molecule has 0 spiro atoms. The van der Waals surface area contributed by atoms with Crippen molar-refractivity contribution in [2.24, 2.45) is 5.73 Å². The van der Waals surface area contributed by atoms with Gasteiger partial charge in [-0.3, -0.25) is 18.6 Å². The summed E-state index contributed by atoms with van der Waals surface area (Å²) in [5.41, 5.74) is 5.39. The maximum absolute atomic E-state index is 12.7. The van der Waals surface area contributed by atoms with Gasteiger partial charge in [0, 0.05) is 19.4 Å². The lowest BCUT2D eigenvalue weighted by molar-refractivity contribution is -0.161. The summed E-state index contributed by atoms with van der Waals surface area (Å²) in [5.74, 6) is -0.845. The second-order valence-corrected chi connectivity index (χ2v) is 23.1. The van der Waals surface area contributed by atoms with Crippen LogP contribution in [0.2, 0.25) is 0 Å².